The van der Waals surface area contributed by atoms with Crippen LogP contribution in [0.1, 0.15) is 31.9 Å². The van der Waals surface area contributed by atoms with Crippen LogP contribution < -0.4 is 10.1 Å². The standard InChI is InChI=1S/C16H23N3O/c1-12-8-14(20-5)6-7-15(12)17-9-13-10-18-19(11-13)16(2,3)4/h6-8,10-11,17H,9H2,1-5H3. The van der Waals surface area contributed by atoms with E-state index in [0.717, 1.165) is 18.0 Å². The van der Waals surface area contributed by atoms with Crippen molar-refractivity contribution in [3.63, 3.8) is 0 Å². The fourth-order valence-corrected chi connectivity index (χ4v) is 1.98. The number of hydrogen-bond donors (Lipinski definition) is 1. The summed E-state index contributed by atoms with van der Waals surface area (Å²) in [5.41, 5.74) is 3.49. The highest BCUT2D eigenvalue weighted by molar-refractivity contribution is 5.53. The van der Waals surface area contributed by atoms with E-state index < -0.39 is 0 Å². The van der Waals surface area contributed by atoms with Gasteiger partial charge in [0.15, 0.2) is 0 Å². The zero-order valence-electron chi connectivity index (χ0n) is 12.9. The van der Waals surface area contributed by atoms with Gasteiger partial charge in [-0.2, -0.15) is 5.10 Å². The van der Waals surface area contributed by atoms with Crippen LogP contribution in [0.3, 0.4) is 0 Å². The third-order valence-corrected chi connectivity index (χ3v) is 3.24. The molecule has 0 amide bonds. The molecule has 0 bridgehead atoms. The Morgan fingerprint density at radius 3 is 2.60 bits per heavy atom. The van der Waals surface area contributed by atoms with Gasteiger partial charge in [0.05, 0.1) is 18.8 Å². The second-order valence-corrected chi connectivity index (χ2v) is 6.00. The van der Waals surface area contributed by atoms with Crippen LogP contribution in [-0.2, 0) is 12.1 Å². The number of aryl methyl sites for hydroxylation is 1. The predicted molar refractivity (Wildman–Crippen MR) is 82.3 cm³/mol. The number of benzene rings is 1. The lowest BCUT2D eigenvalue weighted by Crippen LogP contribution is -2.21. The molecule has 0 aliphatic rings. The van der Waals surface area contributed by atoms with Crippen LogP contribution >= 0.6 is 0 Å². The van der Waals surface area contributed by atoms with Crippen molar-refractivity contribution < 1.29 is 4.74 Å². The number of rotatable bonds is 4. The number of methoxy groups -OCH3 is 1. The summed E-state index contributed by atoms with van der Waals surface area (Å²) in [4.78, 5) is 0. The molecule has 0 saturated carbocycles. The molecule has 108 valence electrons. The second-order valence-electron chi connectivity index (χ2n) is 6.00. The Morgan fingerprint density at radius 2 is 2.05 bits per heavy atom. The highest BCUT2D eigenvalue weighted by Gasteiger charge is 2.13. The van der Waals surface area contributed by atoms with E-state index in [1.165, 1.54) is 11.1 Å². The molecule has 1 N–H and O–H groups in total. The molecule has 2 rings (SSSR count). The van der Waals surface area contributed by atoms with Gasteiger partial charge >= 0.3 is 0 Å². The van der Waals surface area contributed by atoms with Crippen LogP contribution in [0.25, 0.3) is 0 Å². The van der Waals surface area contributed by atoms with Crippen molar-refractivity contribution >= 4 is 5.69 Å². The molecule has 1 aromatic carbocycles. The molecule has 0 saturated heterocycles. The van der Waals surface area contributed by atoms with E-state index in [2.05, 4.69) is 44.3 Å². The summed E-state index contributed by atoms with van der Waals surface area (Å²) in [6.07, 6.45) is 4.00. The quantitative estimate of drug-likeness (QED) is 0.925. The minimum absolute atomic E-state index is 0.0221. The maximum absolute atomic E-state index is 5.21. The van der Waals surface area contributed by atoms with Gasteiger partial charge < -0.3 is 10.1 Å². The van der Waals surface area contributed by atoms with Gasteiger partial charge in [0.25, 0.3) is 0 Å². The summed E-state index contributed by atoms with van der Waals surface area (Å²) in [5.74, 6) is 0.883. The summed E-state index contributed by atoms with van der Waals surface area (Å²) >= 11 is 0. The highest BCUT2D eigenvalue weighted by atomic mass is 16.5. The molecule has 0 atom stereocenters. The SMILES string of the molecule is COc1ccc(NCc2cnn(C(C)(C)C)c2)c(C)c1. The zero-order valence-corrected chi connectivity index (χ0v) is 12.9. The fourth-order valence-electron chi connectivity index (χ4n) is 1.98. The van der Waals surface area contributed by atoms with Crippen molar-refractivity contribution in [1.82, 2.24) is 9.78 Å². The van der Waals surface area contributed by atoms with Crippen LogP contribution in [0.4, 0.5) is 5.69 Å². The largest absolute Gasteiger partial charge is 0.497 e. The molecule has 0 radical (unpaired) electrons. The number of hydrogen-bond acceptors (Lipinski definition) is 3. The topological polar surface area (TPSA) is 39.1 Å². The predicted octanol–water partition coefficient (Wildman–Crippen LogP) is 3.57. The van der Waals surface area contributed by atoms with Gasteiger partial charge in [-0.1, -0.05) is 0 Å². The molecule has 4 nitrogen and oxygen atoms in total. The highest BCUT2D eigenvalue weighted by Crippen LogP contribution is 2.22. The number of nitrogens with zero attached hydrogens (tertiary/aromatic N) is 2. The maximum atomic E-state index is 5.21. The van der Waals surface area contributed by atoms with Crippen molar-refractivity contribution in [2.75, 3.05) is 12.4 Å². The van der Waals surface area contributed by atoms with Gasteiger partial charge in [-0.3, -0.25) is 4.68 Å². The molecule has 0 aliphatic carbocycles. The molecule has 0 aliphatic heterocycles. The monoisotopic (exact) mass is 273 g/mol. The first kappa shape index (κ1) is 14.4. The minimum Gasteiger partial charge on any atom is -0.497 e. The van der Waals surface area contributed by atoms with Gasteiger partial charge in [-0.15, -0.1) is 0 Å². The molecule has 1 aromatic heterocycles. The Bertz CT molecular complexity index is 582. The third-order valence-electron chi connectivity index (χ3n) is 3.24. The van der Waals surface area contributed by atoms with Crippen LogP contribution in [0.15, 0.2) is 30.6 Å². The summed E-state index contributed by atoms with van der Waals surface area (Å²) in [6.45, 7) is 9.27. The fraction of sp³-hybridized carbons (Fsp3) is 0.438. The van der Waals surface area contributed by atoms with Crippen molar-refractivity contribution in [2.24, 2.45) is 0 Å². The van der Waals surface area contributed by atoms with Gasteiger partial charge in [-0.25, -0.2) is 0 Å². The summed E-state index contributed by atoms with van der Waals surface area (Å²) in [7, 11) is 1.68. The normalized spacial score (nSPS) is 11.4. The first-order valence-corrected chi connectivity index (χ1v) is 6.82. The van der Waals surface area contributed by atoms with Gasteiger partial charge in [0.2, 0.25) is 0 Å². The van der Waals surface area contributed by atoms with Gasteiger partial charge in [-0.05, 0) is 51.5 Å². The smallest absolute Gasteiger partial charge is 0.119 e. The van der Waals surface area contributed by atoms with Crippen LogP contribution in [0.2, 0.25) is 0 Å². The molecule has 4 heteroatoms. The molecule has 2 aromatic rings. The number of aromatic nitrogens is 2. The van der Waals surface area contributed by atoms with E-state index in [1.54, 1.807) is 7.11 Å². The average molecular weight is 273 g/mol. The lowest BCUT2D eigenvalue weighted by atomic mass is 10.1. The first-order chi connectivity index (χ1) is 9.40. The Hall–Kier alpha value is -1.97. The summed E-state index contributed by atoms with van der Waals surface area (Å²) < 4.78 is 7.20. The Morgan fingerprint density at radius 1 is 1.30 bits per heavy atom. The van der Waals surface area contributed by atoms with Crippen molar-refractivity contribution in [3.05, 3.63) is 41.7 Å². The Labute approximate surface area is 120 Å². The lowest BCUT2D eigenvalue weighted by molar-refractivity contribution is 0.355. The van der Waals surface area contributed by atoms with Crippen LogP contribution in [-0.4, -0.2) is 16.9 Å². The van der Waals surface area contributed by atoms with E-state index in [-0.39, 0.29) is 5.54 Å². The van der Waals surface area contributed by atoms with Crippen molar-refractivity contribution in [2.45, 2.75) is 39.8 Å². The van der Waals surface area contributed by atoms with Crippen LogP contribution in [0.5, 0.6) is 5.75 Å². The molecule has 1 heterocycles. The first-order valence-electron chi connectivity index (χ1n) is 6.82. The van der Waals surface area contributed by atoms with Gasteiger partial charge in [0, 0.05) is 24.0 Å². The Kier molecular flexibility index (Phi) is 4.02. The van der Waals surface area contributed by atoms with E-state index in [1.807, 2.05) is 29.1 Å². The second kappa shape index (κ2) is 5.57. The summed E-state index contributed by atoms with van der Waals surface area (Å²) in [5, 5.41) is 7.84. The van der Waals surface area contributed by atoms with Crippen LogP contribution in [0, 0.1) is 6.92 Å². The molecular weight excluding hydrogens is 250 g/mol. The number of anilines is 1. The molecule has 0 unspecified atom stereocenters. The molecule has 20 heavy (non-hydrogen) atoms. The number of ether oxygens (including phenoxy) is 1. The maximum Gasteiger partial charge on any atom is 0.119 e. The average Bonchev–Trinajstić information content (AvgIpc) is 2.86. The molecular formula is C16H23N3O. The van der Waals surface area contributed by atoms with Gasteiger partial charge in [0.1, 0.15) is 5.75 Å². The van der Waals surface area contributed by atoms with E-state index >= 15 is 0 Å². The lowest BCUT2D eigenvalue weighted by Gasteiger charge is -2.18. The van der Waals surface area contributed by atoms with E-state index in [9.17, 15) is 0 Å². The third kappa shape index (κ3) is 3.32. The minimum atomic E-state index is 0.0221. The number of nitrogens with one attached hydrogen (secondary N) is 1. The summed E-state index contributed by atoms with van der Waals surface area (Å²) in [6, 6.07) is 6.04. The van der Waals surface area contributed by atoms with E-state index in [4.69, 9.17) is 4.74 Å². The molecule has 0 fully saturated rings. The zero-order chi connectivity index (χ0) is 14.8. The Balaban J connectivity index is 2.04. The van der Waals surface area contributed by atoms with E-state index in [0.29, 0.717) is 0 Å². The molecule has 0 spiro atoms. The van der Waals surface area contributed by atoms with Crippen molar-refractivity contribution in [1.29, 1.82) is 0 Å². The van der Waals surface area contributed by atoms with Crippen molar-refractivity contribution in [3.8, 4) is 5.75 Å².